The molecule has 38 heavy (non-hydrogen) atoms. The predicted octanol–water partition coefficient (Wildman–Crippen LogP) is 6.37. The molecule has 2 N–H and O–H groups in total. The summed E-state index contributed by atoms with van der Waals surface area (Å²) in [6.45, 7) is 3.99. The predicted molar refractivity (Wildman–Crippen MR) is 146 cm³/mol. The van der Waals surface area contributed by atoms with Crippen molar-refractivity contribution in [1.82, 2.24) is 0 Å². The highest BCUT2D eigenvalue weighted by molar-refractivity contribution is 7.93. The van der Waals surface area contributed by atoms with Crippen molar-refractivity contribution in [2.45, 2.75) is 31.6 Å². The quantitative estimate of drug-likeness (QED) is 0.187. The Morgan fingerprint density at radius 1 is 1.00 bits per heavy atom. The van der Waals surface area contributed by atoms with E-state index < -0.39 is 16.0 Å². The van der Waals surface area contributed by atoms with E-state index in [1.807, 2.05) is 19.1 Å². The molecule has 4 aromatic carbocycles. The van der Waals surface area contributed by atoms with E-state index in [2.05, 4.69) is 10.0 Å². The number of anilines is 2. The minimum absolute atomic E-state index is 0.0429. The third-order valence-corrected chi connectivity index (χ3v) is 8.26. The molecule has 0 aliphatic carbocycles. The van der Waals surface area contributed by atoms with Crippen LogP contribution in [0.1, 0.15) is 46.2 Å². The van der Waals surface area contributed by atoms with Gasteiger partial charge in [-0.05, 0) is 37.6 Å². The molecule has 0 radical (unpaired) electrons. The van der Waals surface area contributed by atoms with E-state index in [0.717, 1.165) is 12.8 Å². The number of hydrogen-bond donors (Lipinski definition) is 2. The standard InChI is InChI=1S/C29H24N2O6S/c1-3-4-14-36-29(33)25-16(2)37-27-18-9-6-5-8-17(18)23(15-21(25)27)31-38(34,35)24-13-12-22-26-19(24)10-7-11-20(26)28(32)30-22/h5-13,15,31H,3-4,14H2,1-2H3,(H,30,32). The van der Waals surface area contributed by atoms with Gasteiger partial charge in [0.25, 0.3) is 15.9 Å². The van der Waals surface area contributed by atoms with E-state index >= 15 is 0 Å². The molecule has 9 heteroatoms. The summed E-state index contributed by atoms with van der Waals surface area (Å²) in [4.78, 5) is 25.3. The van der Waals surface area contributed by atoms with Gasteiger partial charge >= 0.3 is 5.97 Å². The SMILES string of the molecule is CCCCOC(=O)c1c(C)oc2c1cc(NS(=O)(=O)c1ccc3c4c(cccc14)C(=O)N3)c1ccccc12. The van der Waals surface area contributed by atoms with Crippen LogP contribution in [0.5, 0.6) is 0 Å². The highest BCUT2D eigenvalue weighted by atomic mass is 32.2. The van der Waals surface area contributed by atoms with Crippen LogP contribution < -0.4 is 10.0 Å². The third kappa shape index (κ3) is 3.69. The van der Waals surface area contributed by atoms with E-state index in [-0.39, 0.29) is 23.0 Å². The fourth-order valence-electron chi connectivity index (χ4n) is 5.05. The minimum atomic E-state index is -4.10. The van der Waals surface area contributed by atoms with Crippen LogP contribution in [0.2, 0.25) is 0 Å². The van der Waals surface area contributed by atoms with Crippen LogP contribution in [-0.2, 0) is 14.8 Å². The number of amides is 1. The lowest BCUT2D eigenvalue weighted by atomic mass is 10.0. The lowest BCUT2D eigenvalue weighted by Crippen LogP contribution is -2.14. The average molecular weight is 529 g/mol. The number of esters is 1. The summed E-state index contributed by atoms with van der Waals surface area (Å²) in [6, 6.07) is 16.9. The first-order valence-corrected chi connectivity index (χ1v) is 13.8. The highest BCUT2D eigenvalue weighted by Crippen LogP contribution is 2.40. The Morgan fingerprint density at radius 3 is 2.55 bits per heavy atom. The molecule has 5 aromatic rings. The van der Waals surface area contributed by atoms with Crippen molar-refractivity contribution in [1.29, 1.82) is 0 Å². The Bertz CT molecular complexity index is 1910. The first-order valence-electron chi connectivity index (χ1n) is 12.3. The maximum atomic E-state index is 13.8. The summed E-state index contributed by atoms with van der Waals surface area (Å²) in [7, 11) is -4.10. The van der Waals surface area contributed by atoms with Crippen LogP contribution in [0, 0.1) is 6.92 Å². The van der Waals surface area contributed by atoms with Gasteiger partial charge in [-0.15, -0.1) is 0 Å². The van der Waals surface area contributed by atoms with Gasteiger partial charge in [-0.2, -0.15) is 0 Å². The Kier molecular flexibility index (Phi) is 5.61. The zero-order valence-electron chi connectivity index (χ0n) is 20.8. The second-order valence-corrected chi connectivity index (χ2v) is 10.9. The lowest BCUT2D eigenvalue weighted by molar-refractivity contribution is 0.0499. The maximum Gasteiger partial charge on any atom is 0.342 e. The Hall–Kier alpha value is -4.37. The van der Waals surface area contributed by atoms with Crippen molar-refractivity contribution < 1.29 is 27.2 Å². The van der Waals surface area contributed by atoms with Crippen LogP contribution in [0.25, 0.3) is 32.5 Å². The topological polar surface area (TPSA) is 115 Å². The van der Waals surface area contributed by atoms with Gasteiger partial charge in [0.1, 0.15) is 16.9 Å². The van der Waals surface area contributed by atoms with Gasteiger partial charge in [0.05, 0.1) is 17.2 Å². The molecule has 0 fully saturated rings. The maximum absolute atomic E-state index is 13.8. The second kappa shape index (κ2) is 8.88. The minimum Gasteiger partial charge on any atom is -0.462 e. The largest absolute Gasteiger partial charge is 0.462 e. The summed E-state index contributed by atoms with van der Waals surface area (Å²) in [5, 5.41) is 5.53. The molecule has 1 aromatic heterocycles. The van der Waals surface area contributed by atoms with Crippen molar-refractivity contribution in [2.75, 3.05) is 16.6 Å². The number of carbonyl (C=O) groups is 2. The summed E-state index contributed by atoms with van der Waals surface area (Å²) >= 11 is 0. The first kappa shape index (κ1) is 24.0. The van der Waals surface area contributed by atoms with Crippen LogP contribution in [-0.4, -0.2) is 26.9 Å². The number of sulfonamides is 1. The monoisotopic (exact) mass is 528 g/mol. The van der Waals surface area contributed by atoms with E-state index in [0.29, 0.717) is 55.2 Å². The highest BCUT2D eigenvalue weighted by Gasteiger charge is 2.28. The van der Waals surface area contributed by atoms with Gasteiger partial charge in [0.15, 0.2) is 0 Å². The van der Waals surface area contributed by atoms with Crippen LogP contribution in [0.15, 0.2) is 70.0 Å². The summed E-state index contributed by atoms with van der Waals surface area (Å²) in [5.74, 6) is -0.377. The molecule has 1 amide bonds. The summed E-state index contributed by atoms with van der Waals surface area (Å²) in [6.07, 6.45) is 1.63. The van der Waals surface area contributed by atoms with E-state index in [4.69, 9.17) is 9.15 Å². The van der Waals surface area contributed by atoms with Gasteiger partial charge in [-0.1, -0.05) is 49.7 Å². The fourth-order valence-corrected chi connectivity index (χ4v) is 6.33. The molecule has 6 rings (SSSR count). The number of aryl methyl sites for hydroxylation is 1. The zero-order chi connectivity index (χ0) is 26.6. The normalized spacial score (nSPS) is 12.8. The number of benzene rings is 4. The van der Waals surface area contributed by atoms with Crippen LogP contribution in [0.3, 0.4) is 0 Å². The van der Waals surface area contributed by atoms with Crippen molar-refractivity contribution in [3.63, 3.8) is 0 Å². The Morgan fingerprint density at radius 2 is 1.76 bits per heavy atom. The zero-order valence-corrected chi connectivity index (χ0v) is 21.6. The van der Waals surface area contributed by atoms with Crippen LogP contribution in [0.4, 0.5) is 11.4 Å². The molecular weight excluding hydrogens is 504 g/mol. The molecule has 0 bridgehead atoms. The molecule has 1 aliphatic heterocycles. The van der Waals surface area contributed by atoms with Crippen molar-refractivity contribution in [3.05, 3.63) is 77.6 Å². The number of rotatable bonds is 7. The molecule has 0 saturated carbocycles. The molecule has 2 heterocycles. The van der Waals surface area contributed by atoms with E-state index in [9.17, 15) is 18.0 Å². The van der Waals surface area contributed by atoms with Crippen molar-refractivity contribution in [2.24, 2.45) is 0 Å². The molecule has 0 unspecified atom stereocenters. The summed E-state index contributed by atoms with van der Waals surface area (Å²) in [5.41, 5.74) is 2.07. The van der Waals surface area contributed by atoms with Gasteiger partial charge in [0.2, 0.25) is 0 Å². The second-order valence-electron chi connectivity index (χ2n) is 9.27. The number of furan rings is 1. The molecule has 1 aliphatic rings. The van der Waals surface area contributed by atoms with Gasteiger partial charge in [0, 0.05) is 38.2 Å². The lowest BCUT2D eigenvalue weighted by Gasteiger charge is -2.14. The van der Waals surface area contributed by atoms with Crippen molar-refractivity contribution >= 4 is 65.8 Å². The van der Waals surface area contributed by atoms with Gasteiger partial charge in [-0.3, -0.25) is 9.52 Å². The van der Waals surface area contributed by atoms with Crippen LogP contribution >= 0.6 is 0 Å². The molecule has 0 spiro atoms. The molecule has 192 valence electrons. The number of fused-ring (bicyclic) bond motifs is 3. The Balaban J connectivity index is 1.51. The van der Waals surface area contributed by atoms with Gasteiger partial charge < -0.3 is 14.5 Å². The number of carbonyl (C=O) groups excluding carboxylic acids is 2. The Labute approximate surface area is 218 Å². The average Bonchev–Trinajstić information content (AvgIpc) is 3.41. The van der Waals surface area contributed by atoms with Crippen molar-refractivity contribution in [3.8, 4) is 0 Å². The molecule has 8 nitrogen and oxygen atoms in total. The molecule has 0 saturated heterocycles. The number of unbranched alkanes of at least 4 members (excludes halogenated alkanes) is 1. The first-order chi connectivity index (χ1) is 18.3. The number of hydrogen-bond acceptors (Lipinski definition) is 6. The number of nitrogens with one attached hydrogen (secondary N) is 2. The molecular formula is C29H24N2O6S. The summed E-state index contributed by atoms with van der Waals surface area (Å²) < 4.78 is 41.8. The molecule has 0 atom stereocenters. The van der Waals surface area contributed by atoms with E-state index in [1.165, 1.54) is 6.07 Å². The smallest absolute Gasteiger partial charge is 0.342 e. The van der Waals surface area contributed by atoms with E-state index in [1.54, 1.807) is 49.4 Å². The third-order valence-electron chi connectivity index (χ3n) is 6.83. The number of ether oxygens (including phenoxy) is 1. The van der Waals surface area contributed by atoms with Gasteiger partial charge in [-0.25, -0.2) is 13.2 Å². The fraction of sp³-hybridized carbons (Fsp3) is 0.172.